The Balaban J connectivity index is 1.93. The van der Waals surface area contributed by atoms with Crippen molar-refractivity contribution in [2.24, 2.45) is 0 Å². The van der Waals surface area contributed by atoms with Crippen LogP contribution < -0.4 is 5.32 Å². The molecule has 0 amide bonds. The number of halogens is 1. The number of carbonyl (C=O) groups excluding carboxylic acids is 1. The summed E-state index contributed by atoms with van der Waals surface area (Å²) in [4.78, 5) is 17.4. The largest absolute Gasteiger partial charge is 0.462 e. The summed E-state index contributed by atoms with van der Waals surface area (Å²) >= 11 is 5.98. The molecule has 2 N–H and O–H groups in total. The van der Waals surface area contributed by atoms with Crippen LogP contribution in [0.4, 0.5) is 0 Å². The molecule has 0 fully saturated rings. The molecule has 1 aromatic heterocycles. The summed E-state index contributed by atoms with van der Waals surface area (Å²) in [6, 6.07) is 15.9. The number of carbonyl (C=O) groups is 1. The summed E-state index contributed by atoms with van der Waals surface area (Å²) in [5.41, 5.74) is 4.32. The smallest absolute Gasteiger partial charge is 0.340 e. The Morgan fingerprint density at radius 3 is 2.59 bits per heavy atom. The van der Waals surface area contributed by atoms with E-state index in [1.165, 1.54) is 5.56 Å². The zero-order valence-corrected chi connectivity index (χ0v) is 16.6. The maximum Gasteiger partial charge on any atom is 0.340 e. The Morgan fingerprint density at radius 1 is 1.19 bits per heavy atom. The molecule has 3 rings (SSSR count). The summed E-state index contributed by atoms with van der Waals surface area (Å²) in [6.07, 6.45) is 0. The fourth-order valence-electron chi connectivity index (χ4n) is 3.25. The van der Waals surface area contributed by atoms with Crippen molar-refractivity contribution in [3.05, 3.63) is 75.9 Å². The van der Waals surface area contributed by atoms with Crippen LogP contribution in [0.25, 0.3) is 10.9 Å². The monoisotopic (exact) mass is 383 g/mol. The van der Waals surface area contributed by atoms with E-state index in [2.05, 4.69) is 12.2 Å². The lowest BCUT2D eigenvalue weighted by molar-refractivity contribution is -0.708. The zero-order valence-electron chi connectivity index (χ0n) is 15.8. The summed E-state index contributed by atoms with van der Waals surface area (Å²) in [5, 5.41) is 3.88. The maximum atomic E-state index is 12.6. The highest BCUT2D eigenvalue weighted by molar-refractivity contribution is 6.30. The van der Waals surface area contributed by atoms with Crippen LogP contribution in [0.15, 0.2) is 48.5 Å². The van der Waals surface area contributed by atoms with Crippen molar-refractivity contribution in [2.75, 3.05) is 6.61 Å². The van der Waals surface area contributed by atoms with E-state index >= 15 is 0 Å². The van der Waals surface area contributed by atoms with Crippen LogP contribution in [-0.4, -0.2) is 17.6 Å². The standard InChI is InChI=1S/C22H23ClN2O2/c1-4-27-22(26)21-14(2)18-7-5-6-8-19(18)25-20(21)13-24-15(3)16-9-11-17(23)12-10-16/h5-12,15,24H,4,13H2,1-3H3/p+1/t15-/m0/s1. The molecule has 0 aliphatic heterocycles. The first-order chi connectivity index (χ1) is 13.0. The fourth-order valence-corrected chi connectivity index (χ4v) is 3.38. The molecule has 1 heterocycles. The van der Waals surface area contributed by atoms with E-state index < -0.39 is 0 Å². The quantitative estimate of drug-likeness (QED) is 0.649. The number of nitrogens with zero attached hydrogens (tertiary/aromatic N) is 1. The molecule has 0 saturated carbocycles. The van der Waals surface area contributed by atoms with E-state index in [0.717, 1.165) is 27.2 Å². The van der Waals surface area contributed by atoms with Crippen molar-refractivity contribution in [3.8, 4) is 0 Å². The number of hydrogen-bond acceptors (Lipinski definition) is 3. The van der Waals surface area contributed by atoms with Gasteiger partial charge >= 0.3 is 5.97 Å². The second kappa shape index (κ2) is 8.51. The lowest BCUT2D eigenvalue weighted by Crippen LogP contribution is -2.83. The molecule has 4 nitrogen and oxygen atoms in total. The van der Waals surface area contributed by atoms with E-state index in [1.54, 1.807) is 0 Å². The van der Waals surface area contributed by atoms with Crippen molar-refractivity contribution in [3.63, 3.8) is 0 Å². The van der Waals surface area contributed by atoms with Crippen molar-refractivity contribution < 1.29 is 14.8 Å². The molecule has 0 unspecified atom stereocenters. The molecule has 27 heavy (non-hydrogen) atoms. The van der Waals surface area contributed by atoms with Crippen LogP contribution in [0.3, 0.4) is 0 Å². The van der Waals surface area contributed by atoms with Gasteiger partial charge in [0.25, 0.3) is 0 Å². The van der Waals surface area contributed by atoms with Crippen LogP contribution in [0.2, 0.25) is 5.02 Å². The van der Waals surface area contributed by atoms with Crippen LogP contribution in [-0.2, 0) is 11.3 Å². The molecule has 140 valence electrons. The third-order valence-corrected chi connectivity index (χ3v) is 5.02. The number of hydrogen-bond donors (Lipinski definition) is 1. The van der Waals surface area contributed by atoms with Gasteiger partial charge in [0, 0.05) is 16.0 Å². The lowest BCUT2D eigenvalue weighted by atomic mass is 10.0. The molecule has 0 saturated heterocycles. The molecule has 2 aromatic carbocycles. The number of para-hydroxylation sites is 1. The van der Waals surface area contributed by atoms with Crippen LogP contribution in [0.5, 0.6) is 0 Å². The first-order valence-electron chi connectivity index (χ1n) is 9.15. The first-order valence-corrected chi connectivity index (χ1v) is 9.53. The van der Waals surface area contributed by atoms with Gasteiger partial charge in [0.15, 0.2) is 0 Å². The first kappa shape index (κ1) is 19.3. The molecule has 1 atom stereocenters. The third kappa shape index (κ3) is 4.29. The number of nitrogens with two attached hydrogens (primary N) is 1. The number of quaternary nitrogens is 1. The highest BCUT2D eigenvalue weighted by atomic mass is 35.5. The zero-order chi connectivity index (χ0) is 19.4. The number of esters is 1. The van der Waals surface area contributed by atoms with Crippen molar-refractivity contribution in [2.45, 2.75) is 33.4 Å². The number of rotatable bonds is 6. The molecule has 5 heteroatoms. The Hall–Kier alpha value is -2.43. The molecule has 0 bridgehead atoms. The molecular weight excluding hydrogens is 360 g/mol. The number of pyridine rings is 1. The van der Waals surface area contributed by atoms with Gasteiger partial charge in [-0.15, -0.1) is 0 Å². The second-order valence-corrected chi connectivity index (χ2v) is 7.01. The van der Waals surface area contributed by atoms with Gasteiger partial charge in [0.05, 0.1) is 17.7 Å². The second-order valence-electron chi connectivity index (χ2n) is 6.58. The van der Waals surface area contributed by atoms with Gasteiger partial charge in [0.1, 0.15) is 18.3 Å². The summed E-state index contributed by atoms with van der Waals surface area (Å²) < 4.78 is 5.30. The summed E-state index contributed by atoms with van der Waals surface area (Å²) in [7, 11) is 0. The molecule has 3 aromatic rings. The van der Waals surface area contributed by atoms with Gasteiger partial charge in [-0.25, -0.2) is 9.78 Å². The van der Waals surface area contributed by atoms with Gasteiger partial charge in [-0.05, 0) is 44.5 Å². The molecule has 0 aliphatic rings. The van der Waals surface area contributed by atoms with Crippen LogP contribution in [0.1, 0.15) is 47.1 Å². The number of aromatic nitrogens is 1. The van der Waals surface area contributed by atoms with Crippen molar-refractivity contribution >= 4 is 28.5 Å². The van der Waals surface area contributed by atoms with E-state index in [9.17, 15) is 4.79 Å². The van der Waals surface area contributed by atoms with Gasteiger partial charge in [-0.3, -0.25) is 0 Å². The minimum absolute atomic E-state index is 0.214. The average molecular weight is 384 g/mol. The van der Waals surface area contributed by atoms with E-state index in [4.69, 9.17) is 21.3 Å². The number of aryl methyl sites for hydroxylation is 1. The summed E-state index contributed by atoms with van der Waals surface area (Å²) in [5.74, 6) is -0.309. The summed E-state index contributed by atoms with van der Waals surface area (Å²) in [6.45, 7) is 6.83. The Kier molecular flexibility index (Phi) is 6.09. The topological polar surface area (TPSA) is 55.8 Å². The van der Waals surface area contributed by atoms with Gasteiger partial charge in [-0.2, -0.15) is 0 Å². The number of ether oxygens (including phenoxy) is 1. The highest BCUT2D eigenvalue weighted by Crippen LogP contribution is 2.23. The third-order valence-electron chi connectivity index (χ3n) is 4.77. The highest BCUT2D eigenvalue weighted by Gasteiger charge is 2.21. The maximum absolute atomic E-state index is 12.6. The predicted molar refractivity (Wildman–Crippen MR) is 108 cm³/mol. The minimum atomic E-state index is -0.309. The van der Waals surface area contributed by atoms with Gasteiger partial charge in [0.2, 0.25) is 0 Å². The van der Waals surface area contributed by atoms with E-state index in [-0.39, 0.29) is 12.0 Å². The van der Waals surface area contributed by atoms with Crippen molar-refractivity contribution in [1.29, 1.82) is 0 Å². The van der Waals surface area contributed by atoms with E-state index in [0.29, 0.717) is 18.7 Å². The Labute approximate surface area is 164 Å². The van der Waals surface area contributed by atoms with Crippen LogP contribution in [0, 0.1) is 6.92 Å². The lowest BCUT2D eigenvalue weighted by Gasteiger charge is -2.15. The van der Waals surface area contributed by atoms with Gasteiger partial charge in [-0.1, -0.05) is 41.9 Å². The molecule has 0 aliphatic carbocycles. The van der Waals surface area contributed by atoms with E-state index in [1.807, 2.05) is 62.4 Å². The normalized spacial score (nSPS) is 12.1. The SMILES string of the molecule is CCOC(=O)c1c(C[NH2+][C@@H](C)c2ccc(Cl)cc2)nc2ccccc2c1C. The molecule has 0 radical (unpaired) electrons. The minimum Gasteiger partial charge on any atom is -0.462 e. The van der Waals surface area contributed by atoms with Crippen LogP contribution >= 0.6 is 11.6 Å². The fraction of sp³-hybridized carbons (Fsp3) is 0.273. The number of fused-ring (bicyclic) bond motifs is 1. The average Bonchev–Trinajstić information content (AvgIpc) is 2.67. The number of benzene rings is 2. The van der Waals surface area contributed by atoms with Crippen molar-refractivity contribution in [1.82, 2.24) is 4.98 Å². The molecule has 0 spiro atoms. The Morgan fingerprint density at radius 2 is 1.89 bits per heavy atom. The molecular formula is C22H24ClN2O2+. The van der Waals surface area contributed by atoms with Gasteiger partial charge < -0.3 is 10.1 Å². The Bertz CT molecular complexity index is 954. The predicted octanol–water partition coefficient (Wildman–Crippen LogP) is 4.20.